The van der Waals surface area contributed by atoms with E-state index in [-0.39, 0.29) is 5.41 Å². The van der Waals surface area contributed by atoms with E-state index < -0.39 is 5.00 Å². The highest BCUT2D eigenvalue weighted by Gasteiger charge is 2.36. The van der Waals surface area contributed by atoms with Crippen molar-refractivity contribution in [2.45, 2.75) is 48.4 Å². The van der Waals surface area contributed by atoms with Gasteiger partial charge in [0.05, 0.1) is 21.6 Å². The van der Waals surface area contributed by atoms with Gasteiger partial charge in [-0.2, -0.15) is 8.78 Å². The number of thioether (sulfide) groups is 1. The summed E-state index contributed by atoms with van der Waals surface area (Å²) in [5.41, 5.74) is 23.2. The maximum Gasteiger partial charge on any atom is 0.308 e. The Hall–Kier alpha value is -1.52. The van der Waals surface area contributed by atoms with Crippen molar-refractivity contribution in [3.05, 3.63) is 35.4 Å². The Kier molecular flexibility index (Phi) is 9.02. The van der Waals surface area contributed by atoms with Crippen LogP contribution in [0.1, 0.15) is 37.8 Å². The van der Waals surface area contributed by atoms with Gasteiger partial charge in [-0.05, 0) is 82.6 Å². The van der Waals surface area contributed by atoms with E-state index in [1.807, 2.05) is 0 Å². The molecule has 1 aromatic heterocycles. The molecule has 7 N–H and O–H groups in total. The van der Waals surface area contributed by atoms with E-state index in [9.17, 15) is 8.78 Å². The first-order valence-electron chi connectivity index (χ1n) is 11.2. The first-order valence-corrected chi connectivity index (χ1v) is 13.8. The Bertz CT molecular complexity index is 1180. The molecule has 0 fully saturated rings. The molecule has 5 rings (SSSR count). The average Bonchev–Trinajstić information content (AvgIpc) is 3.16. The van der Waals surface area contributed by atoms with Crippen molar-refractivity contribution in [1.29, 1.82) is 0 Å². The number of thiazole rings is 1. The maximum absolute atomic E-state index is 12.7. The topological polar surface area (TPSA) is 106 Å². The van der Waals surface area contributed by atoms with Crippen molar-refractivity contribution in [3.8, 4) is 0 Å². The highest BCUT2D eigenvalue weighted by molar-refractivity contribution is 8.03. The Balaban J connectivity index is 0.000000186. The van der Waals surface area contributed by atoms with Gasteiger partial charge in [0.25, 0.3) is 0 Å². The molecule has 0 radical (unpaired) electrons. The number of thiol groups is 1. The number of hydrogen-bond acceptors (Lipinski definition) is 9. The van der Waals surface area contributed by atoms with E-state index in [1.54, 1.807) is 18.2 Å². The van der Waals surface area contributed by atoms with Crippen LogP contribution in [0.4, 0.5) is 31.0 Å². The second-order valence-electron chi connectivity index (χ2n) is 8.90. The van der Waals surface area contributed by atoms with E-state index in [0.29, 0.717) is 21.8 Å². The summed E-state index contributed by atoms with van der Waals surface area (Å²) in [5, 5.41) is 0.449. The number of anilines is 4. The van der Waals surface area contributed by atoms with Gasteiger partial charge >= 0.3 is 5.00 Å². The molecule has 192 valence electrons. The van der Waals surface area contributed by atoms with E-state index >= 15 is 0 Å². The predicted molar refractivity (Wildman–Crippen MR) is 156 cm³/mol. The molecule has 12 heteroatoms. The van der Waals surface area contributed by atoms with Crippen LogP contribution in [-0.2, 0) is 11.8 Å². The van der Waals surface area contributed by atoms with Crippen molar-refractivity contribution in [3.63, 3.8) is 0 Å². The Morgan fingerprint density at radius 1 is 1.23 bits per heavy atom. The number of benzene rings is 2. The molecule has 6 nitrogen and oxygen atoms in total. The number of nitrogens with one attached hydrogen (secondary N) is 1. The lowest BCUT2D eigenvalue weighted by Gasteiger charge is -2.44. The van der Waals surface area contributed by atoms with Crippen LogP contribution in [-0.4, -0.2) is 30.1 Å². The Labute approximate surface area is 221 Å². The zero-order valence-electron chi connectivity index (χ0n) is 20.1. The average molecular weight is 559 g/mol. The number of nitrogens with two attached hydrogens (primary N) is 3. The van der Waals surface area contributed by atoms with Gasteiger partial charge in [-0.3, -0.25) is 0 Å². The van der Waals surface area contributed by atoms with Gasteiger partial charge in [0.15, 0.2) is 5.13 Å². The quantitative estimate of drug-likeness (QED) is 0.117. The number of nitrogens with zero attached hydrogens (tertiary/aromatic N) is 2. The molecule has 3 heterocycles. The zero-order chi connectivity index (χ0) is 26.0. The summed E-state index contributed by atoms with van der Waals surface area (Å²) < 4.78 is 29.2. The van der Waals surface area contributed by atoms with Gasteiger partial charge in [0.2, 0.25) is 0 Å². The fourth-order valence-corrected chi connectivity index (χ4v) is 6.63. The minimum atomic E-state index is -2.84. The fraction of sp³-hybridized carbons (Fsp3) is 0.435. The Morgan fingerprint density at radius 2 is 1.94 bits per heavy atom. The predicted octanol–water partition coefficient (Wildman–Crippen LogP) is 5.93. The van der Waals surface area contributed by atoms with Crippen LogP contribution in [0.2, 0.25) is 0 Å². The molecule has 1 unspecified atom stereocenters. The van der Waals surface area contributed by atoms with Crippen LogP contribution < -0.4 is 26.8 Å². The third-order valence-corrected chi connectivity index (χ3v) is 8.27. The summed E-state index contributed by atoms with van der Waals surface area (Å²) >= 11 is 6.01. The monoisotopic (exact) mass is 558 g/mol. The molecule has 0 bridgehead atoms. The molecule has 35 heavy (non-hydrogen) atoms. The summed E-state index contributed by atoms with van der Waals surface area (Å²) in [6, 6.07) is 7.13. The highest BCUT2D eigenvalue weighted by atomic mass is 32.2. The van der Waals surface area contributed by atoms with Crippen LogP contribution in [0.5, 0.6) is 0 Å². The third-order valence-electron chi connectivity index (χ3n) is 6.08. The Morgan fingerprint density at radius 3 is 2.60 bits per heavy atom. The van der Waals surface area contributed by atoms with E-state index in [0.717, 1.165) is 34.6 Å². The number of halogens is 2. The van der Waals surface area contributed by atoms with Gasteiger partial charge < -0.3 is 26.8 Å². The number of hydrogen-bond donors (Lipinski definition) is 5. The maximum atomic E-state index is 12.7. The molecule has 0 spiro atoms. The molecule has 1 atom stereocenters. The molecule has 0 aliphatic carbocycles. The standard InChI is InChI=1S/C14H21N3S.C8H7F2N2PS2.CH5N/c1-14(2)5-7-17-6-3-4-9-12(16-18)11(15)8-10(14)13(9)17;9-8(10,13)15-4-1-2-5-6(3-4)14-7(11)12-5;1-2/h8,16,18H,3-7,15H2,1-2H3;1-3H,13H2,(H2,11,12);2H2,1H3. The number of nitrogen functional groups attached to an aromatic ring is 2. The normalized spacial score (nSPS) is 15.9. The minimum absolute atomic E-state index is 0.223. The minimum Gasteiger partial charge on any atom is -0.397 e. The van der Waals surface area contributed by atoms with Crippen molar-refractivity contribution < 1.29 is 8.78 Å². The van der Waals surface area contributed by atoms with Gasteiger partial charge in [-0.25, -0.2) is 4.98 Å². The van der Waals surface area contributed by atoms with E-state index in [4.69, 9.17) is 11.5 Å². The highest BCUT2D eigenvalue weighted by Crippen LogP contribution is 2.48. The number of alkyl halides is 2. The summed E-state index contributed by atoms with van der Waals surface area (Å²) in [5.74, 6) is 0. The van der Waals surface area contributed by atoms with Crippen LogP contribution in [0.15, 0.2) is 29.2 Å². The van der Waals surface area contributed by atoms with Crippen LogP contribution in [0, 0.1) is 0 Å². The smallest absolute Gasteiger partial charge is 0.308 e. The summed E-state index contributed by atoms with van der Waals surface area (Å²) in [4.78, 5) is 4.23. The van der Waals surface area contributed by atoms with Gasteiger partial charge in [-0.15, -0.1) is 0 Å². The number of rotatable bonds is 3. The van der Waals surface area contributed by atoms with Crippen molar-refractivity contribution in [1.82, 2.24) is 4.98 Å². The van der Waals surface area contributed by atoms with Crippen LogP contribution >= 0.6 is 45.2 Å². The second kappa shape index (κ2) is 11.3. The third kappa shape index (κ3) is 6.43. The summed E-state index contributed by atoms with van der Waals surface area (Å²) in [7, 11) is 3.00. The SMILES string of the molecule is CC1(C)CCN2CCCc3c(NS)c(N)cc1c32.CN.Nc1nc2ccc(SC(F)(F)P)cc2s1. The lowest BCUT2D eigenvalue weighted by atomic mass is 9.74. The molecule has 2 aliphatic heterocycles. The molecule has 0 saturated carbocycles. The summed E-state index contributed by atoms with van der Waals surface area (Å²) in [6.45, 7) is 6.97. The summed E-state index contributed by atoms with van der Waals surface area (Å²) in [6.07, 6.45) is 3.51. The lowest BCUT2D eigenvalue weighted by molar-refractivity contribution is 0.211. The van der Waals surface area contributed by atoms with Crippen LogP contribution in [0.3, 0.4) is 0 Å². The fourth-order valence-electron chi connectivity index (χ4n) is 4.48. The lowest BCUT2D eigenvalue weighted by Crippen LogP contribution is -2.41. The zero-order valence-corrected chi connectivity index (χ0v) is 23.8. The molecular weight excluding hydrogens is 525 g/mol. The van der Waals surface area contributed by atoms with Crippen molar-refractivity contribution >= 4 is 77.6 Å². The van der Waals surface area contributed by atoms with Crippen molar-refractivity contribution in [2.75, 3.05) is 41.2 Å². The van der Waals surface area contributed by atoms with Gasteiger partial charge in [0.1, 0.15) is 0 Å². The van der Waals surface area contributed by atoms with Gasteiger partial charge in [0, 0.05) is 29.2 Å². The first kappa shape index (κ1) is 28.1. The first-order chi connectivity index (χ1) is 16.5. The molecule has 0 saturated heterocycles. The molecule has 0 amide bonds. The van der Waals surface area contributed by atoms with Gasteiger partial charge in [-0.1, -0.05) is 38.0 Å². The molecule has 3 aromatic rings. The largest absolute Gasteiger partial charge is 0.397 e. The molecule has 2 aliphatic rings. The van der Waals surface area contributed by atoms with E-state index in [2.05, 4.69) is 53.1 Å². The van der Waals surface area contributed by atoms with E-state index in [1.165, 1.54) is 63.8 Å². The number of fused-ring (bicyclic) bond motifs is 1. The van der Waals surface area contributed by atoms with Crippen molar-refractivity contribution in [2.24, 2.45) is 5.73 Å². The molecule has 2 aromatic carbocycles. The molecular formula is C23H33F2N6PS3. The second-order valence-corrected chi connectivity index (χ2v) is 12.5. The van der Waals surface area contributed by atoms with Crippen LogP contribution in [0.25, 0.3) is 10.2 Å². The number of aromatic nitrogens is 1.